The van der Waals surface area contributed by atoms with Gasteiger partial charge in [-0.2, -0.15) is 5.26 Å². The van der Waals surface area contributed by atoms with E-state index >= 15 is 0 Å². The molecule has 2 heterocycles. The van der Waals surface area contributed by atoms with Crippen LogP contribution in [0.25, 0.3) is 17.0 Å². The first-order valence-electron chi connectivity index (χ1n) is 8.90. The molecule has 2 aromatic carbocycles. The fraction of sp³-hybridized carbons (Fsp3) is 0.190. The largest absolute Gasteiger partial charge is 0.377 e. The number of nitrogens with one attached hydrogen (secondary N) is 2. The van der Waals surface area contributed by atoms with Gasteiger partial charge in [0.2, 0.25) is 0 Å². The molecule has 1 aliphatic carbocycles. The molecule has 0 spiro atoms. The molecule has 1 aliphatic heterocycles. The van der Waals surface area contributed by atoms with Crippen LogP contribution in [0, 0.1) is 25.2 Å². The average molecular weight is 392 g/mol. The molecule has 2 aliphatic rings. The van der Waals surface area contributed by atoms with Gasteiger partial charge in [-0.3, -0.25) is 4.31 Å². The Morgan fingerprint density at radius 1 is 1.29 bits per heavy atom. The summed E-state index contributed by atoms with van der Waals surface area (Å²) in [7, 11) is 0. The van der Waals surface area contributed by atoms with E-state index in [4.69, 9.17) is 0 Å². The van der Waals surface area contributed by atoms with Crippen LogP contribution in [0.5, 0.6) is 0 Å². The summed E-state index contributed by atoms with van der Waals surface area (Å²) in [5.74, 6) is 0. The smallest absolute Gasteiger partial charge is 0.167 e. The number of aryl methyl sites for hydroxylation is 2. The number of nitriles is 1. The van der Waals surface area contributed by atoms with E-state index in [0.29, 0.717) is 16.9 Å². The maximum atomic E-state index is 14.1. The van der Waals surface area contributed by atoms with Crippen molar-refractivity contribution in [2.75, 3.05) is 9.62 Å². The lowest BCUT2D eigenvalue weighted by molar-refractivity contribution is 0.0744. The number of nitrogens with zero attached hydrogens (tertiary/aromatic N) is 2. The monoisotopic (exact) mass is 392 g/mol. The van der Waals surface area contributed by atoms with Gasteiger partial charge in [0.25, 0.3) is 0 Å². The Balaban J connectivity index is 1.72. The molecular formula is C21H17FN4OS. The molecule has 0 amide bonds. The molecule has 2 atom stereocenters. The summed E-state index contributed by atoms with van der Waals surface area (Å²) in [5.41, 5.74) is 4.97. The summed E-state index contributed by atoms with van der Waals surface area (Å²) in [6.45, 7) is 3.99. The van der Waals surface area contributed by atoms with E-state index in [0.717, 1.165) is 33.2 Å². The predicted octanol–water partition coefficient (Wildman–Crippen LogP) is 4.66. The normalized spacial score (nSPS) is 22.2. The van der Waals surface area contributed by atoms with E-state index in [1.165, 1.54) is 4.31 Å². The molecule has 140 valence electrons. The van der Waals surface area contributed by atoms with Gasteiger partial charge in [-0.25, -0.2) is 0 Å². The van der Waals surface area contributed by atoms with Crippen molar-refractivity contribution in [1.82, 2.24) is 4.98 Å². The quantitative estimate of drug-likeness (QED) is 0.553. The van der Waals surface area contributed by atoms with Gasteiger partial charge in [0.05, 0.1) is 23.0 Å². The van der Waals surface area contributed by atoms with E-state index in [1.807, 2.05) is 32.2 Å². The van der Waals surface area contributed by atoms with Gasteiger partial charge < -0.3 is 15.4 Å². The van der Waals surface area contributed by atoms with Crippen LogP contribution in [0.3, 0.4) is 0 Å². The number of rotatable bonds is 2. The summed E-state index contributed by atoms with van der Waals surface area (Å²) < 4.78 is 15.4. The van der Waals surface area contributed by atoms with Gasteiger partial charge in [-0.15, -0.1) is 3.89 Å². The molecule has 3 N–H and O–H groups in total. The van der Waals surface area contributed by atoms with Crippen LogP contribution >= 0.6 is 12.3 Å². The summed E-state index contributed by atoms with van der Waals surface area (Å²) >= 11 is 0.0362. The van der Waals surface area contributed by atoms with Crippen LogP contribution in [0.2, 0.25) is 0 Å². The Hall–Kier alpha value is -2.95. The summed E-state index contributed by atoms with van der Waals surface area (Å²) in [5, 5.41) is 25.3. The van der Waals surface area contributed by atoms with Crippen molar-refractivity contribution in [3.05, 3.63) is 64.4 Å². The maximum absolute atomic E-state index is 14.1. The first-order valence-corrected chi connectivity index (χ1v) is 9.57. The Kier molecular flexibility index (Phi) is 3.54. The van der Waals surface area contributed by atoms with Crippen LogP contribution in [0.4, 0.5) is 15.3 Å². The van der Waals surface area contributed by atoms with Crippen LogP contribution in [-0.4, -0.2) is 16.3 Å². The van der Waals surface area contributed by atoms with Gasteiger partial charge in [0.15, 0.2) is 12.3 Å². The minimum atomic E-state index is -1.46. The summed E-state index contributed by atoms with van der Waals surface area (Å²) in [4.78, 5) is 3.29. The first kappa shape index (κ1) is 17.2. The lowest BCUT2D eigenvalue weighted by Gasteiger charge is -2.39. The van der Waals surface area contributed by atoms with Crippen molar-refractivity contribution in [3.63, 3.8) is 0 Å². The first-order chi connectivity index (χ1) is 13.5. The molecule has 7 heteroatoms. The number of benzene rings is 2. The lowest BCUT2D eigenvalue weighted by atomic mass is 9.79. The molecule has 0 saturated heterocycles. The predicted molar refractivity (Wildman–Crippen MR) is 110 cm³/mol. The third kappa shape index (κ3) is 2.10. The molecular weight excluding hydrogens is 375 g/mol. The number of hydrogen-bond acceptors (Lipinski definition) is 5. The molecule has 0 bridgehead atoms. The van der Waals surface area contributed by atoms with Crippen LogP contribution < -0.4 is 9.62 Å². The number of aromatic amines is 1. The zero-order valence-corrected chi connectivity index (χ0v) is 16.1. The van der Waals surface area contributed by atoms with E-state index in [9.17, 15) is 14.3 Å². The molecule has 2 unspecified atom stereocenters. The maximum Gasteiger partial charge on any atom is 0.167 e. The number of H-pyrrole nitrogens is 1. The van der Waals surface area contributed by atoms with Crippen molar-refractivity contribution in [1.29, 1.82) is 5.26 Å². The Labute approximate surface area is 165 Å². The molecule has 3 aromatic rings. The van der Waals surface area contributed by atoms with Crippen LogP contribution in [-0.2, 0) is 5.60 Å². The van der Waals surface area contributed by atoms with E-state index in [-0.39, 0.29) is 12.3 Å². The Morgan fingerprint density at radius 3 is 2.86 bits per heavy atom. The Morgan fingerprint density at radius 2 is 2.11 bits per heavy atom. The highest BCUT2D eigenvalue weighted by atomic mass is 32.2. The van der Waals surface area contributed by atoms with Gasteiger partial charge in [-0.1, -0.05) is 12.1 Å². The van der Waals surface area contributed by atoms with E-state index in [2.05, 4.69) is 16.4 Å². The van der Waals surface area contributed by atoms with Gasteiger partial charge in [0.1, 0.15) is 11.8 Å². The van der Waals surface area contributed by atoms with Crippen molar-refractivity contribution in [2.24, 2.45) is 0 Å². The van der Waals surface area contributed by atoms with Gasteiger partial charge in [0, 0.05) is 22.7 Å². The minimum absolute atomic E-state index is 0.0362. The van der Waals surface area contributed by atoms with Gasteiger partial charge in [-0.05, 0) is 54.8 Å². The molecule has 28 heavy (non-hydrogen) atoms. The minimum Gasteiger partial charge on any atom is -0.377 e. The van der Waals surface area contributed by atoms with Crippen molar-refractivity contribution in [3.8, 4) is 6.07 Å². The summed E-state index contributed by atoms with van der Waals surface area (Å²) in [6, 6.07) is 9.16. The molecule has 5 rings (SSSR count). The number of hydrogen-bond donors (Lipinski definition) is 3. The standard InChI is InChI=1S/C21H17FN4OS/c1-11-7-12(2)19-17-14(10-24-19)5-6-21(27,18(11)17)20-25-15-4-3-13(9-23)8-16(15)26(20)28-22/h3-8,10,20,24-25,27H,1-2H3. The number of aromatic nitrogens is 1. The third-order valence-electron chi connectivity index (χ3n) is 5.68. The fourth-order valence-electron chi connectivity index (χ4n) is 4.48. The van der Waals surface area contributed by atoms with E-state index < -0.39 is 11.8 Å². The van der Waals surface area contributed by atoms with E-state index in [1.54, 1.807) is 24.3 Å². The zero-order valence-electron chi connectivity index (χ0n) is 15.2. The lowest BCUT2D eigenvalue weighted by Crippen LogP contribution is -2.49. The summed E-state index contributed by atoms with van der Waals surface area (Å²) in [6.07, 6.45) is 4.75. The fourth-order valence-corrected chi connectivity index (χ4v) is 5.00. The molecule has 5 nitrogen and oxygen atoms in total. The second-order valence-corrected chi connectivity index (χ2v) is 7.85. The Bertz CT molecular complexity index is 1210. The number of halogens is 1. The molecule has 1 aromatic heterocycles. The van der Waals surface area contributed by atoms with Crippen molar-refractivity contribution in [2.45, 2.75) is 25.6 Å². The number of aliphatic hydroxyl groups is 1. The number of anilines is 2. The second-order valence-electron chi connectivity index (χ2n) is 7.32. The SMILES string of the molecule is Cc1cc(C)c2[nH]cc3c2c1C(O)(C1Nc2ccc(C#N)cc2N1SF)C=C3. The molecule has 0 fully saturated rings. The highest BCUT2D eigenvalue weighted by molar-refractivity contribution is 7.95. The topological polar surface area (TPSA) is 75.1 Å². The average Bonchev–Trinajstić information content (AvgIpc) is 3.28. The highest BCUT2D eigenvalue weighted by Crippen LogP contribution is 2.50. The van der Waals surface area contributed by atoms with Crippen molar-refractivity contribution >= 4 is 40.7 Å². The third-order valence-corrected chi connectivity index (χ3v) is 6.24. The van der Waals surface area contributed by atoms with Crippen LogP contribution in [0.1, 0.15) is 27.8 Å². The van der Waals surface area contributed by atoms with Gasteiger partial charge >= 0.3 is 0 Å². The second kappa shape index (κ2) is 5.77. The number of fused-ring (bicyclic) bond motifs is 1. The highest BCUT2D eigenvalue weighted by Gasteiger charge is 2.48. The van der Waals surface area contributed by atoms with Crippen molar-refractivity contribution < 1.29 is 8.99 Å². The zero-order chi connectivity index (χ0) is 19.6. The molecule has 0 radical (unpaired) electrons. The van der Waals surface area contributed by atoms with Crippen LogP contribution in [0.15, 0.2) is 36.5 Å². The molecule has 0 saturated carbocycles.